The van der Waals surface area contributed by atoms with Crippen LogP contribution >= 0.6 is 12.4 Å². The van der Waals surface area contributed by atoms with E-state index in [1.165, 1.54) is 0 Å². The summed E-state index contributed by atoms with van der Waals surface area (Å²) in [5, 5.41) is 0. The van der Waals surface area contributed by atoms with Gasteiger partial charge in [0.2, 0.25) is 0 Å². The quantitative estimate of drug-likeness (QED) is 0.787. The van der Waals surface area contributed by atoms with Crippen LogP contribution in [-0.4, -0.2) is 51.0 Å². The van der Waals surface area contributed by atoms with Gasteiger partial charge in [0, 0.05) is 18.8 Å². The van der Waals surface area contributed by atoms with Gasteiger partial charge in [-0.2, -0.15) is 0 Å². The van der Waals surface area contributed by atoms with Crippen molar-refractivity contribution >= 4 is 22.2 Å². The average Bonchev–Trinajstić information content (AvgIpc) is 2.59. The van der Waals surface area contributed by atoms with E-state index in [4.69, 9.17) is 5.73 Å². The number of sulfone groups is 1. The number of hydrogen-bond donors (Lipinski definition) is 1. The maximum absolute atomic E-state index is 11.6. The van der Waals surface area contributed by atoms with E-state index in [0.717, 1.165) is 19.5 Å². The fraction of sp³-hybridized carbons (Fsp3) is 1.00. The average molecular weight is 285 g/mol. The Kier molecular flexibility index (Phi) is 6.99. The number of rotatable bonds is 6. The highest BCUT2D eigenvalue weighted by atomic mass is 35.5. The molecule has 0 aliphatic carbocycles. The first-order valence-electron chi connectivity index (χ1n) is 6.04. The van der Waals surface area contributed by atoms with Gasteiger partial charge >= 0.3 is 0 Å². The first-order chi connectivity index (χ1) is 7.41. The van der Waals surface area contributed by atoms with Crippen molar-refractivity contribution < 1.29 is 8.42 Å². The molecule has 1 aliphatic rings. The molecular formula is C11H25ClN2O2S. The van der Waals surface area contributed by atoms with Crippen molar-refractivity contribution in [2.24, 2.45) is 11.1 Å². The largest absolute Gasteiger partial charge is 0.330 e. The molecule has 0 aromatic rings. The summed E-state index contributed by atoms with van der Waals surface area (Å²) in [7, 11) is -2.84. The smallest absolute Gasteiger partial charge is 0.151 e. The van der Waals surface area contributed by atoms with E-state index in [0.29, 0.717) is 31.0 Å². The maximum Gasteiger partial charge on any atom is 0.151 e. The number of nitrogens with two attached hydrogens (primary N) is 1. The van der Waals surface area contributed by atoms with E-state index in [2.05, 4.69) is 11.8 Å². The van der Waals surface area contributed by atoms with Gasteiger partial charge in [0.25, 0.3) is 0 Å². The van der Waals surface area contributed by atoms with Crippen LogP contribution in [0.1, 0.15) is 26.7 Å². The van der Waals surface area contributed by atoms with E-state index >= 15 is 0 Å². The molecule has 17 heavy (non-hydrogen) atoms. The molecule has 4 nitrogen and oxygen atoms in total. The lowest BCUT2D eigenvalue weighted by atomic mass is 9.90. The van der Waals surface area contributed by atoms with Gasteiger partial charge in [-0.05, 0) is 31.3 Å². The molecule has 1 aliphatic heterocycles. The molecule has 6 heteroatoms. The zero-order valence-corrected chi connectivity index (χ0v) is 12.4. The minimum Gasteiger partial charge on any atom is -0.330 e. The van der Waals surface area contributed by atoms with Crippen molar-refractivity contribution in [2.45, 2.75) is 26.7 Å². The van der Waals surface area contributed by atoms with Crippen LogP contribution in [0.4, 0.5) is 0 Å². The minimum atomic E-state index is -2.84. The number of nitrogens with zero attached hydrogens (tertiary/aromatic N) is 1. The molecule has 0 amide bonds. The fourth-order valence-electron chi connectivity index (χ4n) is 2.16. The fourth-order valence-corrected chi connectivity index (χ4v) is 3.53. The zero-order chi connectivity index (χ0) is 12.2. The van der Waals surface area contributed by atoms with Crippen LogP contribution in [0.3, 0.4) is 0 Å². The Morgan fingerprint density at radius 1 is 1.35 bits per heavy atom. The Morgan fingerprint density at radius 2 is 2.00 bits per heavy atom. The lowest BCUT2D eigenvalue weighted by molar-refractivity contribution is 0.291. The van der Waals surface area contributed by atoms with Crippen LogP contribution in [0.15, 0.2) is 0 Å². The molecule has 1 atom stereocenters. The number of hydrogen-bond acceptors (Lipinski definition) is 4. The summed E-state index contributed by atoms with van der Waals surface area (Å²) < 4.78 is 23.1. The molecule has 0 aromatic heterocycles. The van der Waals surface area contributed by atoms with E-state index in [-0.39, 0.29) is 17.8 Å². The van der Waals surface area contributed by atoms with Crippen LogP contribution < -0.4 is 5.73 Å². The molecule has 104 valence electrons. The van der Waals surface area contributed by atoms with Gasteiger partial charge in [-0.3, -0.25) is 0 Å². The molecule has 2 N–H and O–H groups in total. The molecule has 0 aromatic carbocycles. The van der Waals surface area contributed by atoms with Crippen molar-refractivity contribution in [2.75, 3.05) is 37.7 Å². The second kappa shape index (κ2) is 6.92. The molecular weight excluding hydrogens is 260 g/mol. The van der Waals surface area contributed by atoms with Crippen molar-refractivity contribution in [1.29, 1.82) is 0 Å². The van der Waals surface area contributed by atoms with Crippen molar-refractivity contribution in [3.05, 3.63) is 0 Å². The summed E-state index contributed by atoms with van der Waals surface area (Å²) in [6.07, 6.45) is 1.79. The van der Waals surface area contributed by atoms with Gasteiger partial charge < -0.3 is 10.6 Å². The van der Waals surface area contributed by atoms with Crippen LogP contribution in [0, 0.1) is 5.41 Å². The van der Waals surface area contributed by atoms with Crippen LogP contribution in [0.25, 0.3) is 0 Å². The minimum absolute atomic E-state index is 0. The Hall–Kier alpha value is 0.160. The zero-order valence-electron chi connectivity index (χ0n) is 10.8. The summed E-state index contributed by atoms with van der Waals surface area (Å²) in [4.78, 5) is 2.22. The SMILES string of the molecule is CCCS(=O)(=O)CCN1CCC(C)(CN)C1.Cl. The monoisotopic (exact) mass is 284 g/mol. The van der Waals surface area contributed by atoms with E-state index in [1.807, 2.05) is 6.92 Å². The molecule has 1 rings (SSSR count). The van der Waals surface area contributed by atoms with Crippen molar-refractivity contribution in [3.63, 3.8) is 0 Å². The molecule has 0 saturated carbocycles. The van der Waals surface area contributed by atoms with Gasteiger partial charge in [-0.1, -0.05) is 13.8 Å². The normalized spacial score (nSPS) is 25.8. The second-order valence-corrected chi connectivity index (χ2v) is 7.50. The third kappa shape index (κ3) is 5.55. The maximum atomic E-state index is 11.6. The van der Waals surface area contributed by atoms with Crippen molar-refractivity contribution in [1.82, 2.24) is 4.90 Å². The van der Waals surface area contributed by atoms with Crippen molar-refractivity contribution in [3.8, 4) is 0 Å². The summed E-state index contributed by atoms with van der Waals surface area (Å²) >= 11 is 0. The molecule has 1 unspecified atom stereocenters. The molecule has 1 saturated heterocycles. The van der Waals surface area contributed by atoms with Crippen LogP contribution in [0.2, 0.25) is 0 Å². The first-order valence-corrected chi connectivity index (χ1v) is 7.86. The number of halogens is 1. The third-order valence-electron chi connectivity index (χ3n) is 3.36. The highest BCUT2D eigenvalue weighted by Crippen LogP contribution is 2.28. The Balaban J connectivity index is 0.00000256. The molecule has 1 heterocycles. The standard InChI is InChI=1S/C11H24N2O2S.ClH/c1-3-7-16(14,15)8-6-13-5-4-11(2,9-12)10-13;/h3-10,12H2,1-2H3;1H. The summed E-state index contributed by atoms with van der Waals surface area (Å²) in [5.41, 5.74) is 5.90. The predicted molar refractivity (Wildman–Crippen MR) is 74.4 cm³/mol. The highest BCUT2D eigenvalue weighted by molar-refractivity contribution is 7.91. The Morgan fingerprint density at radius 3 is 2.47 bits per heavy atom. The van der Waals surface area contributed by atoms with E-state index < -0.39 is 9.84 Å². The Bertz CT molecular complexity index is 321. The van der Waals surface area contributed by atoms with Gasteiger partial charge in [0.1, 0.15) is 0 Å². The summed E-state index contributed by atoms with van der Waals surface area (Å²) in [6.45, 7) is 7.34. The molecule has 1 fully saturated rings. The lowest BCUT2D eigenvalue weighted by Gasteiger charge is -2.22. The van der Waals surface area contributed by atoms with Gasteiger partial charge in [0.05, 0.1) is 5.75 Å². The Labute approximate surface area is 111 Å². The highest BCUT2D eigenvalue weighted by Gasteiger charge is 2.32. The van der Waals surface area contributed by atoms with Gasteiger partial charge in [-0.15, -0.1) is 12.4 Å². The first kappa shape index (κ1) is 17.2. The summed E-state index contributed by atoms with van der Waals surface area (Å²) in [6, 6.07) is 0. The van der Waals surface area contributed by atoms with Crippen LogP contribution in [0.5, 0.6) is 0 Å². The molecule has 0 bridgehead atoms. The third-order valence-corrected chi connectivity index (χ3v) is 5.20. The molecule has 0 spiro atoms. The summed E-state index contributed by atoms with van der Waals surface area (Å²) in [5.74, 6) is 0.608. The second-order valence-electron chi connectivity index (χ2n) is 5.19. The van der Waals surface area contributed by atoms with E-state index in [9.17, 15) is 8.42 Å². The topological polar surface area (TPSA) is 63.4 Å². The number of likely N-dealkylation sites (tertiary alicyclic amines) is 1. The lowest BCUT2D eigenvalue weighted by Crippen LogP contribution is -2.33. The van der Waals surface area contributed by atoms with E-state index in [1.54, 1.807) is 0 Å². The molecule has 0 radical (unpaired) electrons. The predicted octanol–water partition coefficient (Wildman–Crippen LogP) is 0.904. The van der Waals surface area contributed by atoms with Gasteiger partial charge in [-0.25, -0.2) is 8.42 Å². The van der Waals surface area contributed by atoms with Crippen LogP contribution in [-0.2, 0) is 9.84 Å². The van der Waals surface area contributed by atoms with Gasteiger partial charge in [0.15, 0.2) is 9.84 Å².